The molecule has 0 aliphatic carbocycles. The van der Waals surface area contributed by atoms with Gasteiger partial charge in [0.1, 0.15) is 4.21 Å². The third-order valence-corrected chi connectivity index (χ3v) is 7.11. The fourth-order valence-electron chi connectivity index (χ4n) is 2.19. The van der Waals surface area contributed by atoms with Gasteiger partial charge in [-0.3, -0.25) is 0 Å². The highest BCUT2D eigenvalue weighted by atomic mass is 32.2. The van der Waals surface area contributed by atoms with E-state index in [2.05, 4.69) is 18.7 Å². The molecule has 0 aliphatic heterocycles. The van der Waals surface area contributed by atoms with Crippen molar-refractivity contribution >= 4 is 21.4 Å². The average Bonchev–Trinajstić information content (AvgIpc) is 2.97. The van der Waals surface area contributed by atoms with Crippen LogP contribution in [0.5, 0.6) is 0 Å². The average molecular weight is 334 g/mol. The van der Waals surface area contributed by atoms with E-state index in [1.54, 1.807) is 16.4 Å². The molecule has 0 saturated carbocycles. The van der Waals surface area contributed by atoms with Gasteiger partial charge in [0.05, 0.1) is 0 Å². The van der Waals surface area contributed by atoms with E-state index in [-0.39, 0.29) is 0 Å². The normalized spacial score (nSPS) is 12.5. The molecular formula is C14H27N3O2S2. The molecule has 0 bridgehead atoms. The van der Waals surface area contributed by atoms with Gasteiger partial charge in [0.25, 0.3) is 10.0 Å². The molecule has 21 heavy (non-hydrogen) atoms. The minimum Gasteiger partial charge on any atom is -0.326 e. The molecule has 0 saturated heterocycles. The quantitative estimate of drug-likeness (QED) is 0.711. The molecule has 0 fully saturated rings. The van der Waals surface area contributed by atoms with E-state index in [0.29, 0.717) is 23.8 Å². The highest BCUT2D eigenvalue weighted by Gasteiger charge is 2.24. The summed E-state index contributed by atoms with van der Waals surface area (Å²) in [5.74, 6) is 0. The summed E-state index contributed by atoms with van der Waals surface area (Å²) >= 11 is 1.27. The van der Waals surface area contributed by atoms with Gasteiger partial charge >= 0.3 is 0 Å². The molecule has 0 aromatic carbocycles. The molecule has 0 radical (unpaired) electrons. The summed E-state index contributed by atoms with van der Waals surface area (Å²) in [4.78, 5) is 3.20. The first-order valence-corrected chi connectivity index (χ1v) is 9.76. The van der Waals surface area contributed by atoms with Crippen LogP contribution in [0.2, 0.25) is 0 Å². The Balaban J connectivity index is 2.69. The van der Waals surface area contributed by atoms with Crippen molar-refractivity contribution in [3.63, 3.8) is 0 Å². The van der Waals surface area contributed by atoms with Crippen LogP contribution in [0, 0.1) is 0 Å². The summed E-state index contributed by atoms with van der Waals surface area (Å²) in [6, 6.07) is 3.45. The van der Waals surface area contributed by atoms with Gasteiger partial charge in [-0.2, -0.15) is 4.31 Å². The lowest BCUT2D eigenvalue weighted by Gasteiger charge is -2.22. The van der Waals surface area contributed by atoms with E-state index in [0.717, 1.165) is 30.9 Å². The van der Waals surface area contributed by atoms with E-state index < -0.39 is 10.0 Å². The zero-order valence-corrected chi connectivity index (χ0v) is 14.8. The molecular weight excluding hydrogens is 306 g/mol. The summed E-state index contributed by atoms with van der Waals surface area (Å²) in [7, 11) is -3.37. The van der Waals surface area contributed by atoms with E-state index in [4.69, 9.17) is 5.73 Å². The SMILES string of the molecule is CCN(CC)CCCN(CC)S(=O)(=O)c1ccc(CN)s1. The van der Waals surface area contributed by atoms with E-state index in [1.165, 1.54) is 11.3 Å². The second-order valence-corrected chi connectivity index (χ2v) is 8.14. The maximum atomic E-state index is 12.6. The van der Waals surface area contributed by atoms with Crippen molar-refractivity contribution in [1.82, 2.24) is 9.21 Å². The zero-order valence-electron chi connectivity index (χ0n) is 13.2. The maximum Gasteiger partial charge on any atom is 0.252 e. The Labute approximate surface area is 132 Å². The molecule has 1 aromatic rings. The van der Waals surface area contributed by atoms with Gasteiger partial charge in [0.2, 0.25) is 0 Å². The predicted octanol–water partition coefficient (Wildman–Crippen LogP) is 1.95. The van der Waals surface area contributed by atoms with E-state index in [9.17, 15) is 8.42 Å². The lowest BCUT2D eigenvalue weighted by molar-refractivity contribution is 0.285. The van der Waals surface area contributed by atoms with Gasteiger partial charge in [0, 0.05) is 24.5 Å². The molecule has 1 rings (SSSR count). The molecule has 7 heteroatoms. The number of nitrogens with zero attached hydrogens (tertiary/aromatic N) is 2. The monoisotopic (exact) mass is 333 g/mol. The Kier molecular flexibility index (Phi) is 7.83. The third kappa shape index (κ3) is 5.03. The van der Waals surface area contributed by atoms with Crippen molar-refractivity contribution in [1.29, 1.82) is 0 Å². The minimum atomic E-state index is -3.37. The Morgan fingerprint density at radius 3 is 2.24 bits per heavy atom. The largest absolute Gasteiger partial charge is 0.326 e. The number of hydrogen-bond donors (Lipinski definition) is 1. The Morgan fingerprint density at radius 2 is 1.76 bits per heavy atom. The lowest BCUT2D eigenvalue weighted by Crippen LogP contribution is -2.34. The van der Waals surface area contributed by atoms with Crippen LogP contribution >= 0.6 is 11.3 Å². The van der Waals surface area contributed by atoms with Crippen LogP contribution in [-0.4, -0.2) is 50.3 Å². The van der Waals surface area contributed by atoms with Crippen molar-refractivity contribution in [2.75, 3.05) is 32.7 Å². The second-order valence-electron chi connectivity index (χ2n) is 4.80. The molecule has 5 nitrogen and oxygen atoms in total. The van der Waals surface area contributed by atoms with Crippen LogP contribution in [0.1, 0.15) is 32.1 Å². The Hall–Kier alpha value is -0.470. The molecule has 0 amide bonds. The molecule has 2 N–H and O–H groups in total. The van der Waals surface area contributed by atoms with Gasteiger partial charge in [0.15, 0.2) is 0 Å². The molecule has 0 aliphatic rings. The number of sulfonamides is 1. The first-order chi connectivity index (χ1) is 9.99. The van der Waals surface area contributed by atoms with Crippen LogP contribution in [0.4, 0.5) is 0 Å². The summed E-state index contributed by atoms with van der Waals surface area (Å²) in [6.07, 6.45) is 0.851. The van der Waals surface area contributed by atoms with Crippen molar-refractivity contribution < 1.29 is 8.42 Å². The van der Waals surface area contributed by atoms with Gasteiger partial charge < -0.3 is 10.6 Å². The van der Waals surface area contributed by atoms with Gasteiger partial charge in [-0.15, -0.1) is 11.3 Å². The van der Waals surface area contributed by atoms with Crippen molar-refractivity contribution in [2.24, 2.45) is 5.73 Å². The summed E-state index contributed by atoms with van der Waals surface area (Å²) < 4.78 is 27.1. The fraction of sp³-hybridized carbons (Fsp3) is 0.714. The first-order valence-electron chi connectivity index (χ1n) is 7.50. The van der Waals surface area contributed by atoms with Crippen LogP contribution < -0.4 is 5.73 Å². The second kappa shape index (κ2) is 8.85. The Morgan fingerprint density at radius 1 is 1.10 bits per heavy atom. The predicted molar refractivity (Wildman–Crippen MR) is 89.0 cm³/mol. The topological polar surface area (TPSA) is 66.6 Å². The first kappa shape index (κ1) is 18.6. The zero-order chi connectivity index (χ0) is 15.9. The highest BCUT2D eigenvalue weighted by Crippen LogP contribution is 2.24. The standard InChI is InChI=1S/C14H27N3O2S2/c1-4-16(5-2)10-7-11-17(6-3)21(18,19)14-9-8-13(12-15)20-14/h8-9H,4-7,10-12,15H2,1-3H3. The number of thiophene rings is 1. The molecule has 122 valence electrons. The highest BCUT2D eigenvalue weighted by molar-refractivity contribution is 7.91. The van der Waals surface area contributed by atoms with Crippen LogP contribution in [0.25, 0.3) is 0 Å². The van der Waals surface area contributed by atoms with E-state index in [1.807, 2.05) is 6.92 Å². The van der Waals surface area contributed by atoms with Crippen LogP contribution in [-0.2, 0) is 16.6 Å². The van der Waals surface area contributed by atoms with E-state index >= 15 is 0 Å². The summed E-state index contributed by atoms with van der Waals surface area (Å²) in [6.45, 7) is 10.5. The molecule has 0 atom stereocenters. The van der Waals surface area contributed by atoms with Gasteiger partial charge in [-0.25, -0.2) is 8.42 Å². The molecule has 1 heterocycles. The van der Waals surface area contributed by atoms with Crippen LogP contribution in [0.15, 0.2) is 16.3 Å². The summed E-state index contributed by atoms with van der Waals surface area (Å²) in [5, 5.41) is 0. The summed E-state index contributed by atoms with van der Waals surface area (Å²) in [5.41, 5.74) is 5.56. The molecule has 0 spiro atoms. The van der Waals surface area contributed by atoms with Crippen molar-refractivity contribution in [2.45, 2.75) is 37.9 Å². The van der Waals surface area contributed by atoms with Crippen LogP contribution in [0.3, 0.4) is 0 Å². The fourth-order valence-corrected chi connectivity index (χ4v) is 5.07. The molecule has 0 unspecified atom stereocenters. The van der Waals surface area contributed by atoms with Crippen molar-refractivity contribution in [3.8, 4) is 0 Å². The number of hydrogen-bond acceptors (Lipinski definition) is 5. The third-order valence-electron chi connectivity index (χ3n) is 3.56. The Bertz CT molecular complexity index is 510. The number of rotatable bonds is 10. The number of nitrogens with two attached hydrogens (primary N) is 1. The lowest BCUT2D eigenvalue weighted by atomic mass is 10.3. The van der Waals surface area contributed by atoms with Crippen molar-refractivity contribution in [3.05, 3.63) is 17.0 Å². The maximum absolute atomic E-state index is 12.6. The van der Waals surface area contributed by atoms with Gasteiger partial charge in [-0.05, 0) is 38.2 Å². The smallest absolute Gasteiger partial charge is 0.252 e. The molecule has 1 aromatic heterocycles. The minimum absolute atomic E-state index is 0.383. The van der Waals surface area contributed by atoms with Gasteiger partial charge in [-0.1, -0.05) is 20.8 Å².